The van der Waals surface area contributed by atoms with Crippen LogP contribution < -0.4 is 11.1 Å². The number of aryl methyl sites for hydroxylation is 1. The van der Waals surface area contributed by atoms with Crippen molar-refractivity contribution < 1.29 is 14.1 Å². The number of amides is 3. The van der Waals surface area contributed by atoms with Crippen LogP contribution in [-0.4, -0.2) is 40.1 Å². The Morgan fingerprint density at radius 3 is 2.73 bits per heavy atom. The van der Waals surface area contributed by atoms with E-state index >= 15 is 0 Å². The van der Waals surface area contributed by atoms with Crippen molar-refractivity contribution in [3.63, 3.8) is 0 Å². The fourth-order valence-electron chi connectivity index (χ4n) is 3.53. The van der Waals surface area contributed by atoms with Crippen molar-refractivity contribution in [2.45, 2.75) is 19.8 Å². The van der Waals surface area contributed by atoms with Crippen molar-refractivity contribution in [3.8, 4) is 22.8 Å². The van der Waals surface area contributed by atoms with Gasteiger partial charge in [0.05, 0.1) is 5.92 Å². The van der Waals surface area contributed by atoms with Crippen molar-refractivity contribution >= 4 is 17.6 Å². The zero-order valence-corrected chi connectivity index (χ0v) is 16.7. The van der Waals surface area contributed by atoms with Gasteiger partial charge in [0.1, 0.15) is 0 Å². The van der Waals surface area contributed by atoms with Crippen LogP contribution in [0.25, 0.3) is 22.8 Å². The largest absolute Gasteiger partial charge is 0.351 e. The van der Waals surface area contributed by atoms with Crippen molar-refractivity contribution in [1.29, 1.82) is 0 Å². The maximum absolute atomic E-state index is 12.7. The summed E-state index contributed by atoms with van der Waals surface area (Å²) in [7, 11) is 0. The van der Waals surface area contributed by atoms with E-state index in [1.165, 1.54) is 4.90 Å². The van der Waals surface area contributed by atoms with E-state index in [1.54, 1.807) is 12.1 Å². The number of anilines is 1. The van der Waals surface area contributed by atoms with E-state index in [1.807, 2.05) is 43.3 Å². The third kappa shape index (κ3) is 4.32. The van der Waals surface area contributed by atoms with Crippen LogP contribution in [-0.2, 0) is 4.79 Å². The molecule has 154 valence electrons. The summed E-state index contributed by atoms with van der Waals surface area (Å²) >= 11 is 0. The third-order valence-corrected chi connectivity index (χ3v) is 5.22. The Hall–Kier alpha value is -3.68. The molecule has 4 rings (SSSR count). The van der Waals surface area contributed by atoms with E-state index in [4.69, 9.17) is 10.3 Å². The van der Waals surface area contributed by atoms with Crippen LogP contribution in [0.4, 0.5) is 10.5 Å². The highest BCUT2D eigenvalue weighted by Crippen LogP contribution is 2.25. The summed E-state index contributed by atoms with van der Waals surface area (Å²) in [4.78, 5) is 30.0. The Balaban J connectivity index is 1.47. The van der Waals surface area contributed by atoms with Crippen LogP contribution in [0.1, 0.15) is 18.4 Å². The fourth-order valence-corrected chi connectivity index (χ4v) is 3.53. The molecule has 8 heteroatoms. The Morgan fingerprint density at radius 1 is 1.17 bits per heavy atom. The molecule has 0 aliphatic carbocycles. The lowest BCUT2D eigenvalue weighted by molar-refractivity contribution is -0.121. The second kappa shape index (κ2) is 8.36. The molecule has 0 saturated carbocycles. The van der Waals surface area contributed by atoms with Crippen LogP contribution in [0.2, 0.25) is 0 Å². The van der Waals surface area contributed by atoms with Crippen molar-refractivity contribution in [2.24, 2.45) is 11.7 Å². The van der Waals surface area contributed by atoms with Crippen molar-refractivity contribution in [1.82, 2.24) is 15.0 Å². The van der Waals surface area contributed by atoms with E-state index in [0.29, 0.717) is 36.1 Å². The number of hydrogen-bond donors (Lipinski definition) is 2. The number of benzene rings is 2. The van der Waals surface area contributed by atoms with Gasteiger partial charge in [0, 0.05) is 29.9 Å². The normalized spacial score (nSPS) is 16.3. The topological polar surface area (TPSA) is 114 Å². The first kappa shape index (κ1) is 19.6. The first-order valence-electron chi connectivity index (χ1n) is 9.86. The number of carbonyl (C=O) groups excluding carboxylic acids is 2. The molecule has 3 aromatic rings. The van der Waals surface area contributed by atoms with Gasteiger partial charge in [-0.15, -0.1) is 0 Å². The first-order chi connectivity index (χ1) is 14.5. The summed E-state index contributed by atoms with van der Waals surface area (Å²) < 4.78 is 5.42. The highest BCUT2D eigenvalue weighted by Gasteiger charge is 2.27. The summed E-state index contributed by atoms with van der Waals surface area (Å²) in [6.07, 6.45) is 1.48. The molecule has 1 aromatic heterocycles. The summed E-state index contributed by atoms with van der Waals surface area (Å²) in [6, 6.07) is 14.6. The number of nitrogens with two attached hydrogens (primary N) is 1. The number of hydrogen-bond acceptors (Lipinski definition) is 5. The molecule has 30 heavy (non-hydrogen) atoms. The molecule has 1 aliphatic heterocycles. The van der Waals surface area contributed by atoms with Crippen LogP contribution in [0, 0.1) is 12.8 Å². The number of urea groups is 1. The molecule has 1 fully saturated rings. The second-order valence-corrected chi connectivity index (χ2v) is 7.48. The molecule has 2 heterocycles. The minimum atomic E-state index is -0.490. The molecule has 3 amide bonds. The zero-order valence-electron chi connectivity index (χ0n) is 16.7. The summed E-state index contributed by atoms with van der Waals surface area (Å²) in [5.41, 5.74) is 8.71. The lowest BCUT2D eigenvalue weighted by Crippen LogP contribution is -2.46. The fraction of sp³-hybridized carbons (Fsp3) is 0.273. The molecule has 1 atom stereocenters. The molecule has 0 bridgehead atoms. The lowest BCUT2D eigenvalue weighted by atomic mass is 9.97. The molecule has 1 aliphatic rings. The number of piperidine rings is 1. The predicted molar refractivity (Wildman–Crippen MR) is 112 cm³/mol. The molecular formula is C22H23N5O3. The van der Waals surface area contributed by atoms with Gasteiger partial charge in [0.15, 0.2) is 0 Å². The van der Waals surface area contributed by atoms with E-state index in [2.05, 4.69) is 15.5 Å². The summed E-state index contributed by atoms with van der Waals surface area (Å²) in [6.45, 7) is 2.95. The van der Waals surface area contributed by atoms with Gasteiger partial charge in [-0.1, -0.05) is 41.1 Å². The van der Waals surface area contributed by atoms with Crippen LogP contribution in [0.5, 0.6) is 0 Å². The molecule has 0 radical (unpaired) electrons. The SMILES string of the molecule is Cc1ccc(-c2noc(-c3cccc(NC(=O)[C@@H]4CCCN(C(N)=O)C4)c3)n2)cc1. The van der Waals surface area contributed by atoms with Gasteiger partial charge in [0.25, 0.3) is 5.89 Å². The minimum Gasteiger partial charge on any atom is -0.351 e. The molecule has 2 aromatic carbocycles. The zero-order chi connectivity index (χ0) is 21.1. The monoisotopic (exact) mass is 405 g/mol. The van der Waals surface area contributed by atoms with Gasteiger partial charge < -0.3 is 20.5 Å². The Bertz CT molecular complexity index is 1060. The molecule has 8 nitrogen and oxygen atoms in total. The third-order valence-electron chi connectivity index (χ3n) is 5.22. The van der Waals surface area contributed by atoms with Gasteiger partial charge >= 0.3 is 6.03 Å². The van der Waals surface area contributed by atoms with E-state index in [-0.39, 0.29) is 11.8 Å². The summed E-state index contributed by atoms with van der Waals surface area (Å²) in [5.74, 6) is 0.461. The number of nitrogens with one attached hydrogen (secondary N) is 1. The maximum atomic E-state index is 12.7. The highest BCUT2D eigenvalue weighted by atomic mass is 16.5. The maximum Gasteiger partial charge on any atom is 0.314 e. The quantitative estimate of drug-likeness (QED) is 0.690. The number of aromatic nitrogens is 2. The highest BCUT2D eigenvalue weighted by molar-refractivity contribution is 5.93. The number of rotatable bonds is 4. The van der Waals surface area contributed by atoms with Gasteiger partial charge in [-0.2, -0.15) is 4.98 Å². The molecular weight excluding hydrogens is 382 g/mol. The Morgan fingerprint density at radius 2 is 1.97 bits per heavy atom. The van der Waals surface area contributed by atoms with Gasteiger partial charge in [-0.25, -0.2) is 4.79 Å². The summed E-state index contributed by atoms with van der Waals surface area (Å²) in [5, 5.41) is 6.98. The van der Waals surface area contributed by atoms with Crippen molar-refractivity contribution in [2.75, 3.05) is 18.4 Å². The average molecular weight is 405 g/mol. The Labute approximate surface area is 174 Å². The molecule has 1 saturated heterocycles. The van der Waals surface area contributed by atoms with E-state index in [9.17, 15) is 9.59 Å². The first-order valence-corrected chi connectivity index (χ1v) is 9.86. The molecule has 0 unspecified atom stereocenters. The molecule has 0 spiro atoms. The van der Waals surface area contributed by atoms with Crippen LogP contribution in [0.3, 0.4) is 0 Å². The molecule has 3 N–H and O–H groups in total. The van der Waals surface area contributed by atoms with Gasteiger partial charge in [-0.05, 0) is 38.0 Å². The second-order valence-electron chi connectivity index (χ2n) is 7.48. The number of primary amides is 1. The number of carbonyl (C=O) groups is 2. The predicted octanol–water partition coefficient (Wildman–Crippen LogP) is 3.44. The van der Waals surface area contributed by atoms with Crippen LogP contribution >= 0.6 is 0 Å². The standard InChI is InChI=1S/C22H23N5O3/c1-14-7-9-15(10-8-14)19-25-21(30-26-19)16-4-2-6-18(12-16)24-20(28)17-5-3-11-27(13-17)22(23)29/h2,4,6-10,12,17H,3,5,11,13H2,1H3,(H2,23,29)(H,24,28)/t17-/m1/s1. The smallest absolute Gasteiger partial charge is 0.314 e. The minimum absolute atomic E-state index is 0.135. The average Bonchev–Trinajstić information content (AvgIpc) is 3.25. The lowest BCUT2D eigenvalue weighted by Gasteiger charge is -2.30. The van der Waals surface area contributed by atoms with E-state index < -0.39 is 6.03 Å². The number of likely N-dealkylation sites (tertiary alicyclic amines) is 1. The van der Waals surface area contributed by atoms with Crippen LogP contribution in [0.15, 0.2) is 53.1 Å². The van der Waals surface area contributed by atoms with E-state index in [0.717, 1.165) is 24.0 Å². The number of nitrogens with zero attached hydrogens (tertiary/aromatic N) is 3. The van der Waals surface area contributed by atoms with Crippen molar-refractivity contribution in [3.05, 3.63) is 54.1 Å². The van der Waals surface area contributed by atoms with Gasteiger partial charge in [-0.3, -0.25) is 4.79 Å². The Kier molecular flexibility index (Phi) is 5.47. The van der Waals surface area contributed by atoms with Gasteiger partial charge in [0.2, 0.25) is 11.7 Å².